The fourth-order valence-corrected chi connectivity index (χ4v) is 1.19. The summed E-state index contributed by atoms with van der Waals surface area (Å²) in [6.45, 7) is 4.45. The molecule has 62 valence electrons. The molecule has 1 unspecified atom stereocenters. The highest BCUT2D eigenvalue weighted by Crippen LogP contribution is 2.11. The molecule has 0 aliphatic carbocycles. The number of rotatable bonds is 6. The van der Waals surface area contributed by atoms with E-state index in [0.717, 1.165) is 0 Å². The molecule has 0 aliphatic rings. The zero-order valence-electron chi connectivity index (χ0n) is 7.27. The Kier molecular flexibility index (Phi) is 7.72. The summed E-state index contributed by atoms with van der Waals surface area (Å²) in [5.74, 6) is 0. The molecule has 0 aliphatic heterocycles. The zero-order valence-corrected chi connectivity index (χ0v) is 8.16. The first kappa shape index (κ1) is 10.3. The van der Waals surface area contributed by atoms with Crippen molar-refractivity contribution in [3.8, 4) is 0 Å². The molecule has 1 atom stereocenters. The lowest BCUT2D eigenvalue weighted by Crippen LogP contribution is -1.94. The Morgan fingerprint density at radius 3 is 2.30 bits per heavy atom. The van der Waals surface area contributed by atoms with Crippen molar-refractivity contribution < 1.29 is 0 Å². The summed E-state index contributed by atoms with van der Waals surface area (Å²) in [6.07, 6.45) is 8.02. The van der Waals surface area contributed by atoms with Crippen molar-refractivity contribution in [2.24, 2.45) is 0 Å². The molecular weight excluding hydrogens is 140 g/mol. The predicted molar refractivity (Wildman–Crippen MR) is 51.8 cm³/mol. The highest BCUT2D eigenvalue weighted by molar-refractivity contribution is 7.80. The second-order valence-corrected chi connectivity index (χ2v) is 3.64. The topological polar surface area (TPSA) is 0 Å². The quantitative estimate of drug-likeness (QED) is 0.445. The third-order valence-corrected chi connectivity index (χ3v) is 2.49. The zero-order chi connectivity index (χ0) is 7.82. The lowest BCUT2D eigenvalue weighted by Gasteiger charge is -2.05. The van der Waals surface area contributed by atoms with Gasteiger partial charge in [0.15, 0.2) is 0 Å². The second kappa shape index (κ2) is 7.46. The van der Waals surface area contributed by atoms with Crippen molar-refractivity contribution in [1.29, 1.82) is 0 Å². The first-order valence-corrected chi connectivity index (χ1v) is 5.01. The Hall–Kier alpha value is 0.350. The van der Waals surface area contributed by atoms with Crippen LogP contribution in [-0.4, -0.2) is 5.25 Å². The van der Waals surface area contributed by atoms with Crippen molar-refractivity contribution >= 4 is 12.6 Å². The number of thiol groups is 1. The molecule has 0 bridgehead atoms. The molecule has 0 N–H and O–H groups in total. The molecule has 0 heterocycles. The van der Waals surface area contributed by atoms with Crippen LogP contribution in [0, 0.1) is 0 Å². The van der Waals surface area contributed by atoms with E-state index in [1.807, 2.05) is 0 Å². The monoisotopic (exact) mass is 160 g/mol. The smallest absolute Gasteiger partial charge is 0.00141 e. The summed E-state index contributed by atoms with van der Waals surface area (Å²) >= 11 is 4.43. The van der Waals surface area contributed by atoms with Gasteiger partial charge in [0.05, 0.1) is 0 Å². The van der Waals surface area contributed by atoms with Gasteiger partial charge in [0.25, 0.3) is 0 Å². The third kappa shape index (κ3) is 6.47. The molecule has 10 heavy (non-hydrogen) atoms. The Balaban J connectivity index is 2.89. The highest BCUT2D eigenvalue weighted by Gasteiger charge is 1.97. The van der Waals surface area contributed by atoms with Gasteiger partial charge in [-0.15, -0.1) is 0 Å². The molecule has 0 aromatic heterocycles. The van der Waals surface area contributed by atoms with Crippen LogP contribution in [0.25, 0.3) is 0 Å². The van der Waals surface area contributed by atoms with E-state index in [1.165, 1.54) is 38.5 Å². The average molecular weight is 160 g/mol. The van der Waals surface area contributed by atoms with Crippen LogP contribution in [0.4, 0.5) is 0 Å². The van der Waals surface area contributed by atoms with Crippen molar-refractivity contribution in [3.63, 3.8) is 0 Å². The van der Waals surface area contributed by atoms with Crippen LogP contribution in [0.5, 0.6) is 0 Å². The average Bonchev–Trinajstić information content (AvgIpc) is 1.98. The van der Waals surface area contributed by atoms with E-state index in [0.29, 0.717) is 5.25 Å². The summed E-state index contributed by atoms with van der Waals surface area (Å²) in [4.78, 5) is 0. The maximum absolute atomic E-state index is 4.43. The van der Waals surface area contributed by atoms with Gasteiger partial charge in [0, 0.05) is 5.25 Å². The summed E-state index contributed by atoms with van der Waals surface area (Å²) < 4.78 is 0. The minimum Gasteiger partial charge on any atom is -0.176 e. The number of hydrogen-bond acceptors (Lipinski definition) is 1. The number of unbranched alkanes of at least 4 members (excludes halogenated alkanes) is 3. The highest BCUT2D eigenvalue weighted by atomic mass is 32.1. The van der Waals surface area contributed by atoms with Crippen molar-refractivity contribution in [3.05, 3.63) is 0 Å². The van der Waals surface area contributed by atoms with Gasteiger partial charge in [0.2, 0.25) is 0 Å². The van der Waals surface area contributed by atoms with Gasteiger partial charge in [-0.25, -0.2) is 0 Å². The van der Waals surface area contributed by atoms with Crippen molar-refractivity contribution in [1.82, 2.24) is 0 Å². The molecule has 0 fully saturated rings. The molecule has 0 nitrogen and oxygen atoms in total. The van der Waals surface area contributed by atoms with Gasteiger partial charge >= 0.3 is 0 Å². The minimum atomic E-state index is 0.650. The normalized spacial score (nSPS) is 13.5. The largest absolute Gasteiger partial charge is 0.176 e. The fourth-order valence-electron chi connectivity index (χ4n) is 1.01. The summed E-state index contributed by atoms with van der Waals surface area (Å²) in [5.41, 5.74) is 0. The van der Waals surface area contributed by atoms with E-state index in [4.69, 9.17) is 0 Å². The van der Waals surface area contributed by atoms with Crippen LogP contribution < -0.4 is 0 Å². The van der Waals surface area contributed by atoms with E-state index in [1.54, 1.807) is 0 Å². The Bertz CT molecular complexity index is 61.7. The molecule has 0 aromatic carbocycles. The first-order chi connectivity index (χ1) is 4.81. The van der Waals surface area contributed by atoms with E-state index >= 15 is 0 Å². The lowest BCUT2D eigenvalue weighted by molar-refractivity contribution is 0.612. The van der Waals surface area contributed by atoms with Gasteiger partial charge in [-0.05, 0) is 12.8 Å². The van der Waals surface area contributed by atoms with Crippen molar-refractivity contribution in [2.45, 2.75) is 57.6 Å². The molecule has 0 radical (unpaired) electrons. The number of hydrogen-bond donors (Lipinski definition) is 1. The molecular formula is C9H20S. The van der Waals surface area contributed by atoms with E-state index in [2.05, 4.69) is 26.5 Å². The Morgan fingerprint density at radius 1 is 1.10 bits per heavy atom. The molecule has 0 amide bonds. The van der Waals surface area contributed by atoms with Gasteiger partial charge in [0.1, 0.15) is 0 Å². The van der Waals surface area contributed by atoms with E-state index < -0.39 is 0 Å². The Morgan fingerprint density at radius 2 is 1.80 bits per heavy atom. The standard InChI is InChI=1S/C9H20S/c1-3-5-6-7-8-9(10)4-2/h9-10H,3-8H2,1-2H3. The van der Waals surface area contributed by atoms with Gasteiger partial charge in [-0.3, -0.25) is 0 Å². The summed E-state index contributed by atoms with van der Waals surface area (Å²) in [6, 6.07) is 0. The lowest BCUT2D eigenvalue weighted by atomic mass is 10.1. The molecule has 1 heteroatoms. The molecule has 0 saturated carbocycles. The van der Waals surface area contributed by atoms with Crippen LogP contribution in [0.2, 0.25) is 0 Å². The predicted octanol–water partition coefficient (Wildman–Crippen LogP) is 3.67. The SMILES string of the molecule is CCCCCCC(S)CC. The maximum Gasteiger partial charge on any atom is 0.00141 e. The van der Waals surface area contributed by atoms with Gasteiger partial charge in [-0.2, -0.15) is 12.6 Å². The second-order valence-electron chi connectivity index (χ2n) is 2.91. The summed E-state index contributed by atoms with van der Waals surface area (Å²) in [7, 11) is 0. The Labute approximate surface area is 70.8 Å². The third-order valence-electron chi connectivity index (χ3n) is 1.86. The first-order valence-electron chi connectivity index (χ1n) is 4.49. The van der Waals surface area contributed by atoms with E-state index in [-0.39, 0.29) is 0 Å². The van der Waals surface area contributed by atoms with Crippen LogP contribution in [-0.2, 0) is 0 Å². The molecule has 0 aromatic rings. The van der Waals surface area contributed by atoms with Crippen LogP contribution in [0.1, 0.15) is 52.4 Å². The summed E-state index contributed by atoms with van der Waals surface area (Å²) in [5, 5.41) is 0.650. The molecule has 0 spiro atoms. The van der Waals surface area contributed by atoms with Gasteiger partial charge < -0.3 is 0 Å². The molecule has 0 saturated heterocycles. The van der Waals surface area contributed by atoms with E-state index in [9.17, 15) is 0 Å². The fraction of sp³-hybridized carbons (Fsp3) is 1.00. The van der Waals surface area contributed by atoms with Crippen LogP contribution in [0.15, 0.2) is 0 Å². The van der Waals surface area contributed by atoms with Crippen molar-refractivity contribution in [2.75, 3.05) is 0 Å². The molecule has 0 rings (SSSR count). The minimum absolute atomic E-state index is 0.650. The van der Waals surface area contributed by atoms with Gasteiger partial charge in [-0.1, -0.05) is 39.5 Å². The maximum atomic E-state index is 4.43. The van der Waals surface area contributed by atoms with Crippen LogP contribution >= 0.6 is 12.6 Å². The van der Waals surface area contributed by atoms with Crippen LogP contribution in [0.3, 0.4) is 0 Å².